The van der Waals surface area contributed by atoms with Crippen LogP contribution < -0.4 is 9.47 Å². The third-order valence-corrected chi connectivity index (χ3v) is 5.23. The van der Waals surface area contributed by atoms with Crippen molar-refractivity contribution in [2.75, 3.05) is 7.11 Å². The van der Waals surface area contributed by atoms with Gasteiger partial charge < -0.3 is 14.4 Å². The predicted octanol–water partition coefficient (Wildman–Crippen LogP) is 5.03. The molecule has 0 atom stereocenters. The van der Waals surface area contributed by atoms with Gasteiger partial charge in [-0.3, -0.25) is 4.79 Å². The van der Waals surface area contributed by atoms with Crippen LogP contribution in [0.15, 0.2) is 36.4 Å². The number of nitrogens with zero attached hydrogens (tertiary/aromatic N) is 3. The van der Waals surface area contributed by atoms with Crippen molar-refractivity contribution in [3.63, 3.8) is 0 Å². The molecular weight excluding hydrogens is 440 g/mol. The van der Waals surface area contributed by atoms with Crippen LogP contribution in [0.4, 0.5) is 8.78 Å². The Bertz CT molecular complexity index is 1180. The summed E-state index contributed by atoms with van der Waals surface area (Å²) in [7, 11) is 1.54. The predicted molar refractivity (Wildman–Crippen MR) is 115 cm³/mol. The average molecular weight is 460 g/mol. The van der Waals surface area contributed by atoms with E-state index in [1.54, 1.807) is 12.1 Å². The summed E-state index contributed by atoms with van der Waals surface area (Å²) in [5.74, 6) is -0.964. The number of benzene rings is 2. The van der Waals surface area contributed by atoms with Crippen LogP contribution in [0.2, 0.25) is 5.15 Å². The van der Waals surface area contributed by atoms with E-state index in [4.69, 9.17) is 21.1 Å². The highest BCUT2D eigenvalue weighted by atomic mass is 35.5. The maximum atomic E-state index is 14.2. The van der Waals surface area contributed by atoms with Gasteiger partial charge in [-0.15, -0.1) is 0 Å². The number of aromatic nitrogens is 2. The Kier molecular flexibility index (Phi) is 5.97. The van der Waals surface area contributed by atoms with Crippen molar-refractivity contribution < 1.29 is 23.0 Å². The van der Waals surface area contributed by atoms with Crippen LogP contribution in [0.5, 0.6) is 11.5 Å². The molecule has 9 heteroatoms. The molecule has 1 amide bonds. The normalized spacial score (nSPS) is 13.0. The van der Waals surface area contributed by atoms with E-state index >= 15 is 0 Å². The molecule has 0 fully saturated rings. The van der Waals surface area contributed by atoms with E-state index < -0.39 is 11.6 Å². The van der Waals surface area contributed by atoms with Crippen molar-refractivity contribution in [2.45, 2.75) is 33.0 Å². The maximum Gasteiger partial charge on any atom is 0.259 e. The fraction of sp³-hybridized carbons (Fsp3) is 0.261. The highest BCUT2D eigenvalue weighted by molar-refractivity contribution is 6.33. The summed E-state index contributed by atoms with van der Waals surface area (Å²) in [6.45, 7) is 4.19. The molecule has 2 heterocycles. The lowest BCUT2D eigenvalue weighted by Crippen LogP contribution is -2.23. The molecule has 0 saturated carbocycles. The summed E-state index contributed by atoms with van der Waals surface area (Å²) < 4.78 is 39.5. The lowest BCUT2D eigenvalue weighted by Gasteiger charge is -2.18. The van der Waals surface area contributed by atoms with Gasteiger partial charge in [0.25, 0.3) is 5.91 Å². The summed E-state index contributed by atoms with van der Waals surface area (Å²) in [5.41, 5.74) is 0.817. The first-order valence-electron chi connectivity index (χ1n) is 9.92. The van der Waals surface area contributed by atoms with Crippen LogP contribution in [0, 0.1) is 11.6 Å². The standard InChI is InChI=1S/C23H20ClF2N3O3/c1-12(2)32-14-8-7-13(18(9-14)31-3)10-29-11-17-20(23(29)30)21(24)28-22(27-17)19-15(25)5-4-6-16(19)26/h4-9,12H,10-11H2,1-3H3. The molecule has 32 heavy (non-hydrogen) atoms. The van der Waals surface area contributed by atoms with Gasteiger partial charge in [0.2, 0.25) is 0 Å². The Balaban J connectivity index is 1.63. The molecule has 1 aromatic heterocycles. The first kappa shape index (κ1) is 22.0. The number of hydrogen-bond acceptors (Lipinski definition) is 5. The molecule has 4 rings (SSSR count). The van der Waals surface area contributed by atoms with Crippen molar-refractivity contribution in [3.05, 3.63) is 70.0 Å². The number of amides is 1. The fourth-order valence-corrected chi connectivity index (χ4v) is 3.84. The van der Waals surface area contributed by atoms with Gasteiger partial charge in [0.15, 0.2) is 5.82 Å². The smallest absolute Gasteiger partial charge is 0.259 e. The zero-order valence-corrected chi connectivity index (χ0v) is 18.4. The molecule has 0 unspecified atom stereocenters. The molecule has 0 spiro atoms. The van der Waals surface area contributed by atoms with E-state index in [1.165, 1.54) is 18.1 Å². The molecule has 0 saturated heterocycles. The van der Waals surface area contributed by atoms with E-state index in [0.717, 1.165) is 17.7 Å². The van der Waals surface area contributed by atoms with E-state index in [-0.39, 0.29) is 47.2 Å². The SMILES string of the molecule is COc1cc(OC(C)C)ccc1CN1Cc2nc(-c3c(F)cccc3F)nc(Cl)c2C1=O. The first-order valence-corrected chi connectivity index (χ1v) is 10.3. The van der Waals surface area contributed by atoms with Gasteiger partial charge in [0.1, 0.15) is 33.9 Å². The van der Waals surface area contributed by atoms with Crippen LogP contribution >= 0.6 is 11.6 Å². The van der Waals surface area contributed by atoms with Crippen molar-refractivity contribution in [1.29, 1.82) is 0 Å². The van der Waals surface area contributed by atoms with Crippen LogP contribution in [0.3, 0.4) is 0 Å². The molecule has 3 aromatic rings. The third kappa shape index (κ3) is 4.10. The van der Waals surface area contributed by atoms with Gasteiger partial charge in [-0.1, -0.05) is 17.7 Å². The van der Waals surface area contributed by atoms with Crippen molar-refractivity contribution in [1.82, 2.24) is 14.9 Å². The zero-order chi connectivity index (χ0) is 23.0. The van der Waals surface area contributed by atoms with Gasteiger partial charge in [0.05, 0.1) is 37.6 Å². The maximum absolute atomic E-state index is 14.2. The molecule has 6 nitrogen and oxygen atoms in total. The van der Waals surface area contributed by atoms with Crippen LogP contribution in [0.25, 0.3) is 11.4 Å². The molecule has 166 valence electrons. The number of carbonyl (C=O) groups excluding carboxylic acids is 1. The molecule has 0 N–H and O–H groups in total. The molecule has 0 radical (unpaired) electrons. The largest absolute Gasteiger partial charge is 0.496 e. The van der Waals surface area contributed by atoms with E-state index in [0.29, 0.717) is 17.2 Å². The number of rotatable bonds is 6. The minimum atomic E-state index is -0.810. The Morgan fingerprint density at radius 1 is 1.12 bits per heavy atom. The summed E-state index contributed by atoms with van der Waals surface area (Å²) in [5, 5.41) is -0.146. The minimum Gasteiger partial charge on any atom is -0.496 e. The van der Waals surface area contributed by atoms with Gasteiger partial charge in [-0.25, -0.2) is 18.7 Å². The number of ether oxygens (including phenoxy) is 2. The Morgan fingerprint density at radius 3 is 2.50 bits per heavy atom. The van der Waals surface area contributed by atoms with Gasteiger partial charge in [-0.2, -0.15) is 0 Å². The van der Waals surface area contributed by atoms with Crippen molar-refractivity contribution in [3.8, 4) is 22.9 Å². The average Bonchev–Trinajstić information content (AvgIpc) is 3.04. The molecular formula is C23H20ClF2N3O3. The van der Waals surface area contributed by atoms with Crippen molar-refractivity contribution >= 4 is 17.5 Å². The van der Waals surface area contributed by atoms with E-state index in [1.807, 2.05) is 19.9 Å². The molecule has 0 aliphatic carbocycles. The van der Waals surface area contributed by atoms with E-state index in [2.05, 4.69) is 9.97 Å². The zero-order valence-electron chi connectivity index (χ0n) is 17.7. The molecule has 1 aliphatic heterocycles. The summed E-state index contributed by atoms with van der Waals surface area (Å²) in [4.78, 5) is 22.7. The van der Waals surface area contributed by atoms with Crippen molar-refractivity contribution in [2.24, 2.45) is 0 Å². The highest BCUT2D eigenvalue weighted by Gasteiger charge is 2.34. The lowest BCUT2D eigenvalue weighted by molar-refractivity contribution is 0.0765. The fourth-order valence-electron chi connectivity index (χ4n) is 3.57. The molecule has 1 aliphatic rings. The summed E-state index contributed by atoms with van der Waals surface area (Å²) >= 11 is 6.24. The number of methoxy groups -OCH3 is 1. The van der Waals surface area contributed by atoms with Crippen LogP contribution in [0.1, 0.15) is 35.5 Å². The van der Waals surface area contributed by atoms with Gasteiger partial charge >= 0.3 is 0 Å². The minimum absolute atomic E-state index is 0.00872. The molecule has 0 bridgehead atoms. The van der Waals surface area contributed by atoms with E-state index in [9.17, 15) is 13.6 Å². The number of halogens is 3. The Hall–Kier alpha value is -3.26. The van der Waals surface area contributed by atoms with Crippen LogP contribution in [-0.2, 0) is 13.1 Å². The number of fused-ring (bicyclic) bond motifs is 1. The Morgan fingerprint density at radius 2 is 1.84 bits per heavy atom. The quantitative estimate of drug-likeness (QED) is 0.484. The number of hydrogen-bond donors (Lipinski definition) is 0. The van der Waals surface area contributed by atoms with Gasteiger partial charge in [0, 0.05) is 11.6 Å². The topological polar surface area (TPSA) is 64.6 Å². The summed E-state index contributed by atoms with van der Waals surface area (Å²) in [6.07, 6.45) is 0.00872. The second kappa shape index (κ2) is 8.70. The van der Waals surface area contributed by atoms with Crippen LogP contribution in [-0.4, -0.2) is 34.0 Å². The summed E-state index contributed by atoms with van der Waals surface area (Å²) in [6, 6.07) is 8.85. The first-order chi connectivity index (χ1) is 15.3. The molecule has 2 aromatic carbocycles. The Labute approximate surface area is 188 Å². The monoisotopic (exact) mass is 459 g/mol. The highest BCUT2D eigenvalue weighted by Crippen LogP contribution is 2.34. The second-order valence-corrected chi connectivity index (χ2v) is 7.92. The number of carbonyl (C=O) groups is 1. The van der Waals surface area contributed by atoms with Gasteiger partial charge in [-0.05, 0) is 38.1 Å². The third-order valence-electron chi connectivity index (χ3n) is 4.96. The second-order valence-electron chi connectivity index (χ2n) is 7.56. The lowest BCUT2D eigenvalue weighted by atomic mass is 10.1.